The van der Waals surface area contributed by atoms with Gasteiger partial charge < -0.3 is 10.6 Å². The molecule has 19 heavy (non-hydrogen) atoms. The van der Waals surface area contributed by atoms with E-state index in [1.165, 1.54) is 17.7 Å². The number of carbonyl (C=O) groups excluding carboxylic acids is 1. The SMILES string of the molecule is Cl.O=C(NCC1=CCNCC1)c1ccc(F)cc1Cl. The van der Waals surface area contributed by atoms with Crippen LogP contribution in [-0.4, -0.2) is 25.5 Å². The summed E-state index contributed by atoms with van der Waals surface area (Å²) >= 11 is 5.82. The Morgan fingerprint density at radius 3 is 2.89 bits per heavy atom. The molecule has 0 aliphatic carbocycles. The maximum absolute atomic E-state index is 12.9. The number of rotatable bonds is 3. The summed E-state index contributed by atoms with van der Waals surface area (Å²) in [6.45, 7) is 2.27. The molecule has 0 saturated carbocycles. The molecule has 2 rings (SSSR count). The number of hydrogen-bond donors (Lipinski definition) is 2. The predicted octanol–water partition coefficient (Wildman–Crippen LogP) is 2.55. The molecule has 1 aromatic carbocycles. The topological polar surface area (TPSA) is 41.1 Å². The highest BCUT2D eigenvalue weighted by Crippen LogP contribution is 2.17. The first-order valence-electron chi connectivity index (χ1n) is 5.78. The lowest BCUT2D eigenvalue weighted by Gasteiger charge is -2.14. The Balaban J connectivity index is 0.00000180. The van der Waals surface area contributed by atoms with E-state index in [1.807, 2.05) is 0 Å². The van der Waals surface area contributed by atoms with E-state index in [-0.39, 0.29) is 23.3 Å². The monoisotopic (exact) mass is 304 g/mol. The van der Waals surface area contributed by atoms with E-state index in [0.717, 1.165) is 25.6 Å². The van der Waals surface area contributed by atoms with Crippen LogP contribution in [0.5, 0.6) is 0 Å². The van der Waals surface area contributed by atoms with E-state index in [4.69, 9.17) is 11.6 Å². The third-order valence-electron chi connectivity index (χ3n) is 2.81. The van der Waals surface area contributed by atoms with Crippen molar-refractivity contribution in [2.45, 2.75) is 6.42 Å². The minimum absolute atomic E-state index is 0. The summed E-state index contributed by atoms with van der Waals surface area (Å²) in [5.41, 5.74) is 1.49. The smallest absolute Gasteiger partial charge is 0.253 e. The standard InChI is InChI=1S/C13H14ClFN2O.ClH/c14-12-7-10(15)1-2-11(12)13(18)17-8-9-3-5-16-6-4-9;/h1-3,7,16H,4-6,8H2,(H,17,18);1H. The van der Waals surface area contributed by atoms with Gasteiger partial charge in [-0.25, -0.2) is 4.39 Å². The first kappa shape index (κ1) is 16.0. The summed E-state index contributed by atoms with van der Waals surface area (Å²) < 4.78 is 12.9. The summed E-state index contributed by atoms with van der Waals surface area (Å²) in [6.07, 6.45) is 2.99. The van der Waals surface area contributed by atoms with Gasteiger partial charge in [-0.1, -0.05) is 23.3 Å². The van der Waals surface area contributed by atoms with Crippen molar-refractivity contribution < 1.29 is 9.18 Å². The molecule has 6 heteroatoms. The molecule has 2 N–H and O–H groups in total. The molecule has 0 radical (unpaired) electrons. The van der Waals surface area contributed by atoms with Crippen LogP contribution < -0.4 is 10.6 Å². The van der Waals surface area contributed by atoms with E-state index >= 15 is 0 Å². The average molecular weight is 305 g/mol. The van der Waals surface area contributed by atoms with Gasteiger partial charge in [-0.2, -0.15) is 0 Å². The molecule has 0 unspecified atom stereocenters. The maximum atomic E-state index is 12.9. The van der Waals surface area contributed by atoms with E-state index in [0.29, 0.717) is 12.1 Å². The Morgan fingerprint density at radius 1 is 1.47 bits per heavy atom. The van der Waals surface area contributed by atoms with Gasteiger partial charge in [-0.15, -0.1) is 12.4 Å². The van der Waals surface area contributed by atoms with Crippen LogP contribution in [0.4, 0.5) is 4.39 Å². The van der Waals surface area contributed by atoms with Gasteiger partial charge in [-0.05, 0) is 31.2 Å². The van der Waals surface area contributed by atoms with Crippen LogP contribution >= 0.6 is 24.0 Å². The fraction of sp³-hybridized carbons (Fsp3) is 0.308. The molecular formula is C13H15Cl2FN2O. The molecule has 0 saturated heterocycles. The first-order chi connectivity index (χ1) is 8.66. The second-order valence-corrected chi connectivity index (χ2v) is 4.53. The molecule has 0 aromatic heterocycles. The lowest BCUT2D eigenvalue weighted by atomic mass is 10.1. The van der Waals surface area contributed by atoms with E-state index in [2.05, 4.69) is 16.7 Å². The number of benzene rings is 1. The molecule has 1 aromatic rings. The van der Waals surface area contributed by atoms with Crippen LogP contribution in [0.3, 0.4) is 0 Å². The molecule has 1 aliphatic rings. The van der Waals surface area contributed by atoms with Crippen molar-refractivity contribution in [3.63, 3.8) is 0 Å². The zero-order valence-electron chi connectivity index (χ0n) is 10.2. The molecular weight excluding hydrogens is 290 g/mol. The van der Waals surface area contributed by atoms with Gasteiger partial charge in [0.2, 0.25) is 0 Å². The molecule has 1 aliphatic heterocycles. The van der Waals surface area contributed by atoms with Gasteiger partial charge in [0.1, 0.15) is 5.82 Å². The normalized spacial score (nSPS) is 14.3. The fourth-order valence-electron chi connectivity index (χ4n) is 1.79. The quantitative estimate of drug-likeness (QED) is 0.843. The van der Waals surface area contributed by atoms with Crippen LogP contribution in [0.2, 0.25) is 5.02 Å². The van der Waals surface area contributed by atoms with E-state index in [9.17, 15) is 9.18 Å². The number of hydrogen-bond acceptors (Lipinski definition) is 2. The molecule has 1 amide bonds. The minimum Gasteiger partial charge on any atom is -0.348 e. The molecule has 104 valence electrons. The van der Waals surface area contributed by atoms with Crippen molar-refractivity contribution >= 4 is 29.9 Å². The van der Waals surface area contributed by atoms with Gasteiger partial charge in [0.05, 0.1) is 10.6 Å². The molecule has 0 atom stereocenters. The fourth-order valence-corrected chi connectivity index (χ4v) is 2.05. The summed E-state index contributed by atoms with van der Waals surface area (Å²) in [4.78, 5) is 11.9. The first-order valence-corrected chi connectivity index (χ1v) is 6.16. The molecule has 3 nitrogen and oxygen atoms in total. The summed E-state index contributed by atoms with van der Waals surface area (Å²) in [6, 6.07) is 3.76. The zero-order valence-corrected chi connectivity index (χ0v) is 11.8. The molecule has 0 fully saturated rings. The van der Waals surface area contributed by atoms with Gasteiger partial charge in [0.25, 0.3) is 5.91 Å². The van der Waals surface area contributed by atoms with E-state index < -0.39 is 5.82 Å². The Bertz CT molecular complexity index is 492. The Hall–Kier alpha value is -1.10. The van der Waals surface area contributed by atoms with Crippen molar-refractivity contribution in [3.8, 4) is 0 Å². The third-order valence-corrected chi connectivity index (χ3v) is 3.12. The lowest BCUT2D eigenvalue weighted by Crippen LogP contribution is -2.29. The second-order valence-electron chi connectivity index (χ2n) is 4.12. The number of nitrogens with one attached hydrogen (secondary N) is 2. The van der Waals surface area contributed by atoms with Gasteiger partial charge in [-0.3, -0.25) is 4.79 Å². The van der Waals surface area contributed by atoms with Crippen molar-refractivity contribution in [2.75, 3.05) is 19.6 Å². The van der Waals surface area contributed by atoms with Gasteiger partial charge >= 0.3 is 0 Å². The highest BCUT2D eigenvalue weighted by molar-refractivity contribution is 6.33. The number of carbonyl (C=O) groups is 1. The van der Waals surface area contributed by atoms with Gasteiger partial charge in [0.15, 0.2) is 0 Å². The Kier molecular flexibility index (Phi) is 6.28. The van der Waals surface area contributed by atoms with E-state index in [1.54, 1.807) is 0 Å². The lowest BCUT2D eigenvalue weighted by molar-refractivity contribution is 0.0956. The summed E-state index contributed by atoms with van der Waals surface area (Å²) in [5, 5.41) is 6.12. The average Bonchev–Trinajstić information content (AvgIpc) is 2.37. The van der Waals surface area contributed by atoms with Crippen LogP contribution in [0.25, 0.3) is 0 Å². The highest BCUT2D eigenvalue weighted by atomic mass is 35.5. The van der Waals surface area contributed by atoms with Crippen LogP contribution in [0.15, 0.2) is 29.8 Å². The van der Waals surface area contributed by atoms with Crippen LogP contribution in [0, 0.1) is 5.82 Å². The van der Waals surface area contributed by atoms with Crippen LogP contribution in [-0.2, 0) is 0 Å². The summed E-state index contributed by atoms with van der Waals surface area (Å²) in [5.74, 6) is -0.725. The molecule has 0 bridgehead atoms. The van der Waals surface area contributed by atoms with Crippen molar-refractivity contribution in [1.29, 1.82) is 0 Å². The summed E-state index contributed by atoms with van der Waals surface area (Å²) in [7, 11) is 0. The molecule has 0 spiro atoms. The number of halogens is 3. The Labute approximate surface area is 122 Å². The van der Waals surface area contributed by atoms with Crippen molar-refractivity contribution in [1.82, 2.24) is 10.6 Å². The minimum atomic E-state index is -0.447. The van der Waals surface area contributed by atoms with Crippen molar-refractivity contribution in [2.24, 2.45) is 0 Å². The molecule has 1 heterocycles. The maximum Gasteiger partial charge on any atom is 0.253 e. The second kappa shape index (κ2) is 7.48. The predicted molar refractivity (Wildman–Crippen MR) is 76.6 cm³/mol. The number of amides is 1. The largest absolute Gasteiger partial charge is 0.348 e. The van der Waals surface area contributed by atoms with Crippen LogP contribution in [0.1, 0.15) is 16.8 Å². The Morgan fingerprint density at radius 2 is 2.26 bits per heavy atom. The van der Waals surface area contributed by atoms with Gasteiger partial charge in [0, 0.05) is 13.1 Å². The third kappa shape index (κ3) is 4.49. The van der Waals surface area contributed by atoms with Crippen molar-refractivity contribution in [3.05, 3.63) is 46.3 Å². The zero-order chi connectivity index (χ0) is 13.0. The highest BCUT2D eigenvalue weighted by Gasteiger charge is 2.11.